The number of aliphatic carboxylic acids is 1. The van der Waals surface area contributed by atoms with E-state index < -0.39 is 11.6 Å². The van der Waals surface area contributed by atoms with Gasteiger partial charge < -0.3 is 16.2 Å². The molecule has 0 heterocycles. The second kappa shape index (κ2) is 5.69. The van der Waals surface area contributed by atoms with Gasteiger partial charge in [-0.2, -0.15) is 0 Å². The van der Waals surface area contributed by atoms with Crippen molar-refractivity contribution < 1.29 is 14.7 Å². The zero-order valence-corrected chi connectivity index (χ0v) is 15.1. The third kappa shape index (κ3) is 3.12. The number of carbonyl (C=O) groups is 2. The van der Waals surface area contributed by atoms with Gasteiger partial charge in [-0.3, -0.25) is 4.79 Å². The smallest absolute Gasteiger partial charge is 0.337 e. The summed E-state index contributed by atoms with van der Waals surface area (Å²) in [4.78, 5) is 22.4. The number of nitrogens with one attached hydrogen (secondary N) is 1. The third-order valence-corrected chi connectivity index (χ3v) is 5.82. The zero-order valence-electron chi connectivity index (χ0n) is 8.63. The molecular formula is C9H9I3N2O3. The van der Waals surface area contributed by atoms with Crippen molar-refractivity contribution in [3.8, 4) is 0 Å². The van der Waals surface area contributed by atoms with Crippen LogP contribution in [0.4, 0.5) is 0 Å². The molecule has 0 radical (unpaired) electrons. The van der Waals surface area contributed by atoms with Gasteiger partial charge in [0.15, 0.2) is 0 Å². The minimum Gasteiger partial charge on any atom is -0.478 e. The topological polar surface area (TPSA) is 92.4 Å². The summed E-state index contributed by atoms with van der Waals surface area (Å²) in [7, 11) is 0. The fraction of sp³-hybridized carbons (Fsp3) is 0.333. The van der Waals surface area contributed by atoms with Gasteiger partial charge in [-0.15, -0.1) is 0 Å². The maximum absolute atomic E-state index is 11.2. The predicted octanol–water partition coefficient (Wildman–Crippen LogP) is 1.69. The molecule has 8 heteroatoms. The Morgan fingerprint density at radius 2 is 2.06 bits per heavy atom. The second-order valence-corrected chi connectivity index (χ2v) is 7.04. The van der Waals surface area contributed by atoms with Gasteiger partial charge in [-0.25, -0.2) is 4.79 Å². The summed E-state index contributed by atoms with van der Waals surface area (Å²) < 4.78 is 0.861. The molecule has 0 saturated carbocycles. The van der Waals surface area contributed by atoms with Crippen molar-refractivity contribution in [1.82, 2.24) is 5.32 Å². The number of amides is 1. The fourth-order valence-corrected chi connectivity index (χ4v) is 5.87. The Kier molecular flexibility index (Phi) is 5.23. The van der Waals surface area contributed by atoms with E-state index in [2.05, 4.69) is 27.9 Å². The summed E-state index contributed by atoms with van der Waals surface area (Å²) in [5, 5.41) is 11.8. The number of halogens is 3. The Balaban J connectivity index is 3.34. The lowest BCUT2D eigenvalue weighted by molar-refractivity contribution is -0.132. The first-order valence-electron chi connectivity index (χ1n) is 4.43. The molecule has 2 unspecified atom stereocenters. The minimum absolute atomic E-state index is 0.148. The van der Waals surface area contributed by atoms with Gasteiger partial charge in [0.05, 0.1) is 9.50 Å². The summed E-state index contributed by atoms with van der Waals surface area (Å²) in [6, 6.07) is 0. The van der Waals surface area contributed by atoms with Crippen LogP contribution in [0.3, 0.4) is 0 Å². The van der Waals surface area contributed by atoms with Crippen molar-refractivity contribution in [1.29, 1.82) is 0 Å². The first-order chi connectivity index (χ1) is 7.70. The average Bonchev–Trinajstić information content (AvgIpc) is 2.13. The van der Waals surface area contributed by atoms with Crippen molar-refractivity contribution in [3.63, 3.8) is 0 Å². The highest BCUT2D eigenvalue weighted by Crippen LogP contribution is 2.40. The van der Waals surface area contributed by atoms with Crippen LogP contribution in [0.5, 0.6) is 0 Å². The molecule has 94 valence electrons. The highest BCUT2D eigenvalue weighted by molar-refractivity contribution is 14.1. The van der Waals surface area contributed by atoms with Gasteiger partial charge in [-0.1, -0.05) is 28.7 Å². The van der Waals surface area contributed by atoms with E-state index in [1.165, 1.54) is 6.92 Å². The lowest BCUT2D eigenvalue weighted by atomic mass is 9.96. The number of rotatable bonds is 2. The van der Waals surface area contributed by atoms with Crippen LogP contribution in [0.15, 0.2) is 18.8 Å². The minimum atomic E-state index is -1.16. The van der Waals surface area contributed by atoms with Crippen molar-refractivity contribution in [2.75, 3.05) is 0 Å². The second-order valence-electron chi connectivity index (χ2n) is 3.46. The maximum atomic E-state index is 11.2. The van der Waals surface area contributed by atoms with Gasteiger partial charge in [-0.05, 0) is 45.2 Å². The van der Waals surface area contributed by atoms with Crippen LogP contribution in [-0.4, -0.2) is 26.6 Å². The molecule has 1 rings (SSSR count). The van der Waals surface area contributed by atoms with Crippen molar-refractivity contribution in [2.24, 2.45) is 5.73 Å². The Morgan fingerprint density at radius 3 is 2.47 bits per heavy atom. The highest BCUT2D eigenvalue weighted by atomic mass is 127. The molecule has 4 N–H and O–H groups in total. The maximum Gasteiger partial charge on any atom is 0.337 e. The lowest BCUT2D eigenvalue weighted by Gasteiger charge is -2.37. The van der Waals surface area contributed by atoms with Crippen molar-refractivity contribution in [3.05, 3.63) is 18.8 Å². The first kappa shape index (κ1) is 15.6. The van der Waals surface area contributed by atoms with E-state index in [0.717, 1.165) is 0 Å². The predicted molar refractivity (Wildman–Crippen MR) is 89.3 cm³/mol. The molecule has 0 fully saturated rings. The molecule has 17 heavy (non-hydrogen) atoms. The summed E-state index contributed by atoms with van der Waals surface area (Å²) in [6.07, 6.45) is 1.74. The van der Waals surface area contributed by atoms with E-state index in [1.54, 1.807) is 6.08 Å². The summed E-state index contributed by atoms with van der Waals surface area (Å²) in [6.45, 7) is 1.35. The van der Waals surface area contributed by atoms with Crippen LogP contribution in [0.25, 0.3) is 0 Å². The van der Waals surface area contributed by atoms with E-state index in [9.17, 15) is 9.59 Å². The molecular weight excluding hydrogens is 565 g/mol. The van der Waals surface area contributed by atoms with Gasteiger partial charge in [0, 0.05) is 14.1 Å². The molecule has 0 aromatic heterocycles. The number of alkyl halides is 1. The molecule has 1 aliphatic carbocycles. The molecule has 2 atom stereocenters. The monoisotopic (exact) mass is 574 g/mol. The normalized spacial score (nSPS) is 28.8. The van der Waals surface area contributed by atoms with E-state index in [-0.39, 0.29) is 15.4 Å². The molecule has 0 saturated heterocycles. The van der Waals surface area contributed by atoms with Crippen molar-refractivity contribution in [2.45, 2.75) is 16.5 Å². The molecule has 1 amide bonds. The highest BCUT2D eigenvalue weighted by Gasteiger charge is 2.42. The number of nitrogens with two attached hydrogens (primary N) is 1. The molecule has 0 aromatic carbocycles. The van der Waals surface area contributed by atoms with Gasteiger partial charge in [0.25, 0.3) is 0 Å². The number of carbonyl (C=O) groups excluding carboxylic acids is 1. The van der Waals surface area contributed by atoms with E-state index in [1.807, 2.05) is 45.2 Å². The molecule has 1 aliphatic rings. The Hall–Kier alpha value is 0.570. The van der Waals surface area contributed by atoms with E-state index in [4.69, 9.17) is 10.8 Å². The van der Waals surface area contributed by atoms with Crippen LogP contribution in [0, 0.1) is 0 Å². The quantitative estimate of drug-likeness (QED) is 0.266. The molecule has 0 bridgehead atoms. The molecule has 0 spiro atoms. The largest absolute Gasteiger partial charge is 0.478 e. The standard InChI is InChI=1S/C9H9I3N2O3/c1-3(15)14-9(13)5(11)2-4(10)6(7(9)12)8(16)17/h2,5H,13H2,1H3,(H,14,15)(H,16,17). The Morgan fingerprint density at radius 1 is 1.53 bits per heavy atom. The van der Waals surface area contributed by atoms with Gasteiger partial charge in [0.1, 0.15) is 5.66 Å². The zero-order chi connectivity index (χ0) is 13.4. The number of hydrogen-bond acceptors (Lipinski definition) is 3. The van der Waals surface area contributed by atoms with Crippen LogP contribution in [0.1, 0.15) is 6.92 Å². The summed E-state index contributed by atoms with van der Waals surface area (Å²) in [5.41, 5.74) is 5.11. The van der Waals surface area contributed by atoms with Crippen LogP contribution >= 0.6 is 67.8 Å². The summed E-state index contributed by atoms with van der Waals surface area (Å²) >= 11 is 5.92. The molecule has 0 aliphatic heterocycles. The van der Waals surface area contributed by atoms with Crippen LogP contribution < -0.4 is 11.1 Å². The number of carboxylic acids is 1. The van der Waals surface area contributed by atoms with Crippen LogP contribution in [-0.2, 0) is 9.59 Å². The Labute approximate surface area is 139 Å². The number of hydrogen-bond donors (Lipinski definition) is 3. The van der Waals surface area contributed by atoms with E-state index in [0.29, 0.717) is 7.16 Å². The number of carboxylic acid groups (broad SMARTS) is 1. The van der Waals surface area contributed by atoms with Crippen LogP contribution in [0.2, 0.25) is 0 Å². The van der Waals surface area contributed by atoms with E-state index >= 15 is 0 Å². The average molecular weight is 574 g/mol. The molecule has 0 aromatic rings. The van der Waals surface area contributed by atoms with Gasteiger partial charge in [0.2, 0.25) is 5.91 Å². The lowest BCUT2D eigenvalue weighted by Crippen LogP contribution is -2.62. The van der Waals surface area contributed by atoms with Gasteiger partial charge >= 0.3 is 5.97 Å². The summed E-state index contributed by atoms with van der Waals surface area (Å²) in [5.74, 6) is -1.34. The molecule has 5 nitrogen and oxygen atoms in total. The first-order valence-corrected chi connectivity index (χ1v) is 7.83. The third-order valence-electron chi connectivity index (χ3n) is 2.15. The van der Waals surface area contributed by atoms with Crippen molar-refractivity contribution >= 4 is 79.6 Å². The Bertz CT molecular complexity index is 447. The SMILES string of the molecule is CC(=O)NC1(N)C(I)=C(C(=O)O)C(I)=CC1I. The fourth-order valence-electron chi connectivity index (χ4n) is 1.39.